The van der Waals surface area contributed by atoms with Crippen molar-refractivity contribution in [1.29, 1.82) is 0 Å². The fourth-order valence-corrected chi connectivity index (χ4v) is 4.24. The number of anilines is 1. The molecular formula is C18H26N4O2S. The molecule has 0 bridgehead atoms. The number of thiophene rings is 1. The Bertz CT molecular complexity index is 740. The number of nitrogens with zero attached hydrogens (tertiary/aromatic N) is 3. The van der Waals surface area contributed by atoms with Gasteiger partial charge in [0.25, 0.3) is 5.91 Å². The third kappa shape index (κ3) is 3.93. The minimum atomic E-state index is 0.0685. The van der Waals surface area contributed by atoms with Crippen molar-refractivity contribution in [3.05, 3.63) is 16.8 Å². The quantitative estimate of drug-likeness (QED) is 0.817. The molecule has 1 saturated heterocycles. The highest BCUT2D eigenvalue weighted by atomic mass is 32.1. The molecule has 0 radical (unpaired) electrons. The molecule has 25 heavy (non-hydrogen) atoms. The summed E-state index contributed by atoms with van der Waals surface area (Å²) in [6.07, 6.45) is 6.09. The number of fused-ring (bicyclic) bond motifs is 1. The molecular weight excluding hydrogens is 336 g/mol. The lowest BCUT2D eigenvalue weighted by Crippen LogP contribution is -2.27. The number of carbonyl (C=O) groups excluding carboxylic acids is 1. The van der Waals surface area contributed by atoms with Gasteiger partial charge in [-0.05, 0) is 31.7 Å². The van der Waals surface area contributed by atoms with E-state index in [1.165, 1.54) is 11.3 Å². The lowest BCUT2D eigenvalue weighted by atomic mass is 10.2. The van der Waals surface area contributed by atoms with Crippen LogP contribution in [0.2, 0.25) is 0 Å². The first-order valence-corrected chi connectivity index (χ1v) is 9.78. The molecule has 1 fully saturated rings. The number of hydrogen-bond donors (Lipinski definition) is 1. The van der Waals surface area contributed by atoms with E-state index in [9.17, 15) is 4.79 Å². The van der Waals surface area contributed by atoms with Gasteiger partial charge >= 0.3 is 0 Å². The summed E-state index contributed by atoms with van der Waals surface area (Å²) < 4.78 is 5.67. The van der Waals surface area contributed by atoms with Crippen molar-refractivity contribution in [2.24, 2.45) is 0 Å². The Labute approximate surface area is 152 Å². The van der Waals surface area contributed by atoms with E-state index in [4.69, 9.17) is 4.74 Å². The van der Waals surface area contributed by atoms with Crippen molar-refractivity contribution >= 4 is 33.3 Å². The van der Waals surface area contributed by atoms with Crippen LogP contribution in [-0.2, 0) is 4.74 Å². The second kappa shape index (κ2) is 8.10. The van der Waals surface area contributed by atoms with Crippen LogP contribution in [0.1, 0.15) is 47.8 Å². The third-order valence-electron chi connectivity index (χ3n) is 4.64. The zero-order valence-corrected chi connectivity index (χ0v) is 16.0. The van der Waals surface area contributed by atoms with Gasteiger partial charge in [0, 0.05) is 26.7 Å². The van der Waals surface area contributed by atoms with Gasteiger partial charge in [-0.15, -0.1) is 11.3 Å². The monoisotopic (exact) mass is 362 g/mol. The molecule has 1 N–H and O–H groups in total. The van der Waals surface area contributed by atoms with Crippen LogP contribution < -0.4 is 5.32 Å². The molecule has 0 aliphatic carbocycles. The van der Waals surface area contributed by atoms with Gasteiger partial charge in [-0.1, -0.05) is 13.3 Å². The van der Waals surface area contributed by atoms with Gasteiger partial charge < -0.3 is 15.0 Å². The molecule has 6 nitrogen and oxygen atoms in total. The SMILES string of the molecule is CCCCN(C)C(=O)c1sc2ncnc(NC[C@H]3CCCO3)c2c1C. The highest BCUT2D eigenvalue weighted by Crippen LogP contribution is 2.34. The van der Waals surface area contributed by atoms with Gasteiger partial charge in [-0.2, -0.15) is 0 Å². The van der Waals surface area contributed by atoms with E-state index >= 15 is 0 Å². The highest BCUT2D eigenvalue weighted by Gasteiger charge is 2.22. The van der Waals surface area contributed by atoms with Crippen molar-refractivity contribution in [3.8, 4) is 0 Å². The van der Waals surface area contributed by atoms with Gasteiger partial charge in [0.15, 0.2) is 0 Å². The average molecular weight is 362 g/mol. The summed E-state index contributed by atoms with van der Waals surface area (Å²) in [6, 6.07) is 0. The van der Waals surface area contributed by atoms with E-state index in [2.05, 4.69) is 22.2 Å². The van der Waals surface area contributed by atoms with Gasteiger partial charge in [0.2, 0.25) is 0 Å². The number of ether oxygens (including phenoxy) is 1. The minimum Gasteiger partial charge on any atom is -0.376 e. The van der Waals surface area contributed by atoms with Crippen molar-refractivity contribution < 1.29 is 9.53 Å². The molecule has 2 aromatic rings. The predicted molar refractivity (Wildman–Crippen MR) is 101 cm³/mol. The van der Waals surface area contributed by atoms with Crippen molar-refractivity contribution in [3.63, 3.8) is 0 Å². The predicted octanol–water partition coefficient (Wildman–Crippen LogP) is 3.46. The summed E-state index contributed by atoms with van der Waals surface area (Å²) in [5.74, 6) is 0.864. The maximum Gasteiger partial charge on any atom is 0.264 e. The van der Waals surface area contributed by atoms with Crippen LogP contribution in [0.15, 0.2) is 6.33 Å². The van der Waals surface area contributed by atoms with E-state index in [1.54, 1.807) is 11.2 Å². The maximum absolute atomic E-state index is 12.8. The van der Waals surface area contributed by atoms with E-state index in [-0.39, 0.29) is 12.0 Å². The van der Waals surface area contributed by atoms with E-state index in [0.717, 1.165) is 71.9 Å². The molecule has 0 saturated carbocycles. The molecule has 1 aliphatic rings. The second-order valence-electron chi connectivity index (χ2n) is 6.55. The summed E-state index contributed by atoms with van der Waals surface area (Å²) in [7, 11) is 1.87. The van der Waals surface area contributed by atoms with Crippen molar-refractivity contribution in [1.82, 2.24) is 14.9 Å². The Kier molecular flexibility index (Phi) is 5.86. The number of unbranched alkanes of at least 4 members (excludes halogenated alkanes) is 1. The Morgan fingerprint density at radius 1 is 1.48 bits per heavy atom. The molecule has 1 aliphatic heterocycles. The average Bonchev–Trinajstić information content (AvgIpc) is 3.25. The number of hydrogen-bond acceptors (Lipinski definition) is 6. The number of aromatic nitrogens is 2. The number of rotatable bonds is 7. The fourth-order valence-electron chi connectivity index (χ4n) is 3.10. The summed E-state index contributed by atoms with van der Waals surface area (Å²) in [5, 5.41) is 4.35. The number of amides is 1. The second-order valence-corrected chi connectivity index (χ2v) is 7.55. The van der Waals surface area contributed by atoms with Crippen molar-refractivity contribution in [2.45, 2.75) is 45.6 Å². The topological polar surface area (TPSA) is 67.4 Å². The van der Waals surface area contributed by atoms with Crippen LogP contribution in [0, 0.1) is 6.92 Å². The summed E-state index contributed by atoms with van der Waals surface area (Å²) in [5.41, 5.74) is 0.962. The van der Waals surface area contributed by atoms with E-state index in [1.807, 2.05) is 14.0 Å². The number of aryl methyl sites for hydroxylation is 1. The lowest BCUT2D eigenvalue weighted by Gasteiger charge is -2.16. The standard InChI is InChI=1S/C18H26N4O2S/c1-4-5-8-22(3)18(23)15-12(2)14-16(20-11-21-17(14)25-15)19-10-13-7-6-9-24-13/h11,13H,4-10H2,1-3H3,(H,19,20,21)/t13-/m1/s1. The van der Waals surface area contributed by atoms with Crippen LogP contribution in [-0.4, -0.2) is 53.6 Å². The van der Waals surface area contributed by atoms with Crippen molar-refractivity contribution in [2.75, 3.05) is 32.1 Å². The normalized spacial score (nSPS) is 17.2. The number of carbonyl (C=O) groups is 1. The fraction of sp³-hybridized carbons (Fsp3) is 0.611. The Balaban J connectivity index is 1.83. The molecule has 3 rings (SSSR count). The zero-order valence-electron chi connectivity index (χ0n) is 15.2. The first kappa shape index (κ1) is 18.1. The summed E-state index contributed by atoms with van der Waals surface area (Å²) in [4.78, 5) is 25.0. The Morgan fingerprint density at radius 2 is 2.32 bits per heavy atom. The first-order valence-electron chi connectivity index (χ1n) is 8.96. The van der Waals surface area contributed by atoms with Crippen LogP contribution in [0.25, 0.3) is 10.2 Å². The molecule has 2 aromatic heterocycles. The zero-order chi connectivity index (χ0) is 17.8. The molecule has 0 unspecified atom stereocenters. The lowest BCUT2D eigenvalue weighted by molar-refractivity contribution is 0.0797. The van der Waals surface area contributed by atoms with Gasteiger partial charge in [0.05, 0.1) is 16.4 Å². The Morgan fingerprint density at radius 3 is 3.04 bits per heavy atom. The molecule has 136 valence electrons. The summed E-state index contributed by atoms with van der Waals surface area (Å²) in [6.45, 7) is 6.47. The van der Waals surface area contributed by atoms with Gasteiger partial charge in [-0.25, -0.2) is 9.97 Å². The molecule has 1 amide bonds. The largest absolute Gasteiger partial charge is 0.376 e. The molecule has 0 spiro atoms. The van der Waals surface area contributed by atoms with Crippen LogP contribution >= 0.6 is 11.3 Å². The Hall–Kier alpha value is -1.73. The number of nitrogens with one attached hydrogen (secondary N) is 1. The van der Waals surface area contributed by atoms with E-state index < -0.39 is 0 Å². The smallest absolute Gasteiger partial charge is 0.264 e. The van der Waals surface area contributed by atoms with Gasteiger partial charge in [0.1, 0.15) is 17.0 Å². The van der Waals surface area contributed by atoms with Crippen LogP contribution in [0.4, 0.5) is 5.82 Å². The molecule has 1 atom stereocenters. The minimum absolute atomic E-state index is 0.0685. The van der Waals surface area contributed by atoms with Crippen LogP contribution in [0.3, 0.4) is 0 Å². The highest BCUT2D eigenvalue weighted by molar-refractivity contribution is 7.20. The first-order chi connectivity index (χ1) is 12.1. The van der Waals surface area contributed by atoms with Gasteiger partial charge in [-0.3, -0.25) is 4.79 Å². The molecule has 7 heteroatoms. The third-order valence-corrected chi connectivity index (χ3v) is 5.82. The molecule has 0 aromatic carbocycles. The summed E-state index contributed by atoms with van der Waals surface area (Å²) >= 11 is 1.45. The van der Waals surface area contributed by atoms with Crippen LogP contribution in [0.5, 0.6) is 0 Å². The molecule has 3 heterocycles. The van der Waals surface area contributed by atoms with E-state index in [0.29, 0.717) is 0 Å². The maximum atomic E-state index is 12.8.